The first-order valence-corrected chi connectivity index (χ1v) is 9.77. The van der Waals surface area contributed by atoms with Gasteiger partial charge in [0.2, 0.25) is 11.8 Å². The van der Waals surface area contributed by atoms with Crippen LogP contribution in [-0.2, 0) is 12.6 Å². The zero-order valence-corrected chi connectivity index (χ0v) is 16.8. The van der Waals surface area contributed by atoms with Crippen LogP contribution in [0.25, 0.3) is 11.0 Å². The quantitative estimate of drug-likeness (QED) is 0.344. The molecule has 1 amide bonds. The van der Waals surface area contributed by atoms with Crippen LogP contribution in [0.5, 0.6) is 0 Å². The van der Waals surface area contributed by atoms with Crippen LogP contribution in [0.4, 0.5) is 23.5 Å². The summed E-state index contributed by atoms with van der Waals surface area (Å²) in [5.41, 5.74) is 6.96. The zero-order chi connectivity index (χ0) is 22.6. The zero-order valence-electron chi connectivity index (χ0n) is 16.8. The number of H-pyrrole nitrogens is 1. The van der Waals surface area contributed by atoms with E-state index in [1.54, 1.807) is 0 Å². The van der Waals surface area contributed by atoms with Crippen LogP contribution >= 0.6 is 0 Å². The van der Waals surface area contributed by atoms with E-state index in [2.05, 4.69) is 25.3 Å². The first kappa shape index (κ1) is 22.4. The maximum absolute atomic E-state index is 14.0. The Balaban J connectivity index is 1.43. The molecule has 0 atom stereocenters. The van der Waals surface area contributed by atoms with Gasteiger partial charge in [0, 0.05) is 18.9 Å². The van der Waals surface area contributed by atoms with Crippen LogP contribution in [-0.4, -0.2) is 32.4 Å². The fourth-order valence-electron chi connectivity index (χ4n) is 3.24. The van der Waals surface area contributed by atoms with E-state index in [4.69, 9.17) is 5.73 Å². The number of aryl methyl sites for hydroxylation is 1. The van der Waals surface area contributed by atoms with Gasteiger partial charge < -0.3 is 16.0 Å². The van der Waals surface area contributed by atoms with E-state index in [1.165, 1.54) is 25.4 Å². The van der Waals surface area contributed by atoms with E-state index in [0.29, 0.717) is 35.5 Å². The molecule has 0 spiro atoms. The number of nitrogens with one attached hydrogen (secondary N) is 2. The Morgan fingerprint density at radius 2 is 1.84 bits per heavy atom. The molecule has 0 fully saturated rings. The van der Waals surface area contributed by atoms with E-state index in [-0.39, 0.29) is 11.1 Å². The Hall–Kier alpha value is -3.24. The molecule has 4 N–H and O–H groups in total. The number of aromatic amines is 1. The number of benzene rings is 1. The highest BCUT2D eigenvalue weighted by molar-refractivity contribution is 6.05. The number of imidazole rings is 1. The van der Waals surface area contributed by atoms with Crippen molar-refractivity contribution in [3.63, 3.8) is 0 Å². The average molecular weight is 438 g/mol. The number of nitrogens with two attached hydrogens (primary N) is 1. The Labute approximate surface area is 175 Å². The number of aromatic nitrogens is 4. The van der Waals surface area contributed by atoms with E-state index >= 15 is 0 Å². The summed E-state index contributed by atoms with van der Waals surface area (Å²) < 4.78 is 51.3. The van der Waals surface area contributed by atoms with E-state index in [1.807, 2.05) is 0 Å². The maximum Gasteiger partial charge on any atom is 0.451 e. The van der Waals surface area contributed by atoms with Crippen LogP contribution in [0.1, 0.15) is 53.0 Å². The molecule has 3 rings (SSSR count). The first-order chi connectivity index (χ1) is 14.7. The number of halogens is 4. The van der Waals surface area contributed by atoms with Crippen molar-refractivity contribution in [1.29, 1.82) is 0 Å². The standard InChI is InChI=1S/C20H22F4N6O/c1-11-13(21)8-14-16(15(11)17(25)31)30-19(29-14)26-7-5-3-2-4-6-12-9-27-18(28-10-12)20(22,23)24/h8-10H,2-7H2,1H3,(H2,25,31)(H2,26,29,30). The second-order valence-electron chi connectivity index (χ2n) is 7.21. The van der Waals surface area contributed by atoms with Crippen molar-refractivity contribution in [1.82, 2.24) is 19.9 Å². The van der Waals surface area contributed by atoms with Gasteiger partial charge in [0.05, 0.1) is 11.1 Å². The highest BCUT2D eigenvalue weighted by Gasteiger charge is 2.34. The Morgan fingerprint density at radius 1 is 1.16 bits per heavy atom. The molecule has 0 aliphatic rings. The summed E-state index contributed by atoms with van der Waals surface area (Å²) in [5, 5.41) is 3.10. The molecule has 1 aromatic carbocycles. The van der Waals surface area contributed by atoms with Crippen molar-refractivity contribution in [2.75, 3.05) is 11.9 Å². The predicted octanol–water partition coefficient (Wildman–Crippen LogP) is 4.13. The Bertz CT molecular complexity index is 1060. The summed E-state index contributed by atoms with van der Waals surface area (Å²) in [6.45, 7) is 2.09. The molecule has 0 bridgehead atoms. The average Bonchev–Trinajstić information content (AvgIpc) is 3.09. The molecular formula is C20H22F4N6O. The lowest BCUT2D eigenvalue weighted by Gasteiger charge is -2.06. The molecule has 0 unspecified atom stereocenters. The molecule has 166 valence electrons. The minimum absolute atomic E-state index is 0.0616. The fraction of sp³-hybridized carbons (Fsp3) is 0.400. The highest BCUT2D eigenvalue weighted by atomic mass is 19.4. The van der Waals surface area contributed by atoms with Gasteiger partial charge in [-0.05, 0) is 43.4 Å². The summed E-state index contributed by atoms with van der Waals surface area (Å²) in [5.74, 6) is -1.98. The molecule has 3 aromatic rings. The van der Waals surface area contributed by atoms with Gasteiger partial charge in [-0.15, -0.1) is 0 Å². The first-order valence-electron chi connectivity index (χ1n) is 9.77. The second-order valence-corrected chi connectivity index (χ2v) is 7.21. The lowest BCUT2D eigenvalue weighted by Crippen LogP contribution is -2.14. The second kappa shape index (κ2) is 9.27. The lowest BCUT2D eigenvalue weighted by atomic mass is 10.1. The molecular weight excluding hydrogens is 416 g/mol. The minimum Gasteiger partial charge on any atom is -0.366 e. The topological polar surface area (TPSA) is 110 Å². The molecule has 2 aromatic heterocycles. The smallest absolute Gasteiger partial charge is 0.366 e. The van der Waals surface area contributed by atoms with Crippen molar-refractivity contribution in [2.45, 2.75) is 45.2 Å². The summed E-state index contributed by atoms with van der Waals surface area (Å²) in [6, 6.07) is 1.28. The largest absolute Gasteiger partial charge is 0.451 e. The molecule has 0 aliphatic carbocycles. The molecule has 7 nitrogen and oxygen atoms in total. The number of fused-ring (bicyclic) bond motifs is 1. The molecule has 0 radical (unpaired) electrons. The Morgan fingerprint density at radius 3 is 2.48 bits per heavy atom. The molecule has 11 heteroatoms. The van der Waals surface area contributed by atoms with Gasteiger partial charge in [0.15, 0.2) is 0 Å². The summed E-state index contributed by atoms with van der Waals surface area (Å²) >= 11 is 0. The van der Waals surface area contributed by atoms with Gasteiger partial charge in [-0.3, -0.25) is 4.79 Å². The van der Waals surface area contributed by atoms with Gasteiger partial charge in [-0.25, -0.2) is 19.3 Å². The minimum atomic E-state index is -4.53. The number of hydrogen-bond acceptors (Lipinski definition) is 5. The van der Waals surface area contributed by atoms with Gasteiger partial charge in [-0.2, -0.15) is 13.2 Å². The van der Waals surface area contributed by atoms with Gasteiger partial charge in [0.1, 0.15) is 11.3 Å². The molecule has 2 heterocycles. The highest BCUT2D eigenvalue weighted by Crippen LogP contribution is 2.26. The normalized spacial score (nSPS) is 11.8. The van der Waals surface area contributed by atoms with Crippen LogP contribution in [0, 0.1) is 12.7 Å². The molecule has 0 saturated heterocycles. The van der Waals surface area contributed by atoms with Crippen molar-refractivity contribution in [3.8, 4) is 0 Å². The number of rotatable bonds is 9. The molecule has 31 heavy (non-hydrogen) atoms. The Kier molecular flexibility index (Phi) is 6.71. The summed E-state index contributed by atoms with van der Waals surface area (Å²) in [7, 11) is 0. The number of primary amides is 1. The van der Waals surface area contributed by atoms with Crippen LogP contribution < -0.4 is 11.1 Å². The van der Waals surface area contributed by atoms with Gasteiger partial charge >= 0.3 is 6.18 Å². The number of amides is 1. The van der Waals surface area contributed by atoms with Gasteiger partial charge in [0.25, 0.3) is 5.91 Å². The predicted molar refractivity (Wildman–Crippen MR) is 107 cm³/mol. The van der Waals surface area contributed by atoms with Crippen molar-refractivity contribution in [3.05, 3.63) is 46.8 Å². The molecule has 0 saturated carbocycles. The van der Waals surface area contributed by atoms with Crippen LogP contribution in [0.2, 0.25) is 0 Å². The van der Waals surface area contributed by atoms with Crippen molar-refractivity contribution in [2.24, 2.45) is 5.73 Å². The van der Waals surface area contributed by atoms with Crippen LogP contribution in [0.15, 0.2) is 18.5 Å². The van der Waals surface area contributed by atoms with Crippen molar-refractivity contribution >= 4 is 22.9 Å². The van der Waals surface area contributed by atoms with E-state index in [0.717, 1.165) is 25.7 Å². The summed E-state index contributed by atoms with van der Waals surface area (Å²) in [6.07, 6.45) is 1.92. The van der Waals surface area contributed by atoms with Crippen molar-refractivity contribution < 1.29 is 22.4 Å². The third-order valence-electron chi connectivity index (χ3n) is 4.86. The number of hydrogen-bond donors (Lipinski definition) is 3. The lowest BCUT2D eigenvalue weighted by molar-refractivity contribution is -0.145. The number of carbonyl (C=O) groups excluding carboxylic acids is 1. The van der Waals surface area contributed by atoms with E-state index < -0.39 is 23.7 Å². The van der Waals surface area contributed by atoms with Gasteiger partial charge in [-0.1, -0.05) is 12.8 Å². The third-order valence-corrected chi connectivity index (χ3v) is 4.86. The van der Waals surface area contributed by atoms with E-state index in [9.17, 15) is 22.4 Å². The number of unbranched alkanes of at least 4 members (excludes halogenated alkanes) is 3. The number of anilines is 1. The number of carbonyl (C=O) groups is 1. The van der Waals surface area contributed by atoms with Crippen LogP contribution in [0.3, 0.4) is 0 Å². The number of nitrogens with zero attached hydrogens (tertiary/aromatic N) is 3. The third kappa shape index (κ3) is 5.47. The maximum atomic E-state index is 14.0. The SMILES string of the molecule is Cc1c(F)cc2[nH]c(NCCCCCCc3cnc(C(F)(F)F)nc3)nc2c1C(N)=O. The summed E-state index contributed by atoms with van der Waals surface area (Å²) in [4.78, 5) is 25.6. The fourth-order valence-corrected chi connectivity index (χ4v) is 3.24. The monoisotopic (exact) mass is 438 g/mol. The number of alkyl halides is 3. The molecule has 0 aliphatic heterocycles.